The largest absolute Gasteiger partial charge is 0.347 e. The maximum absolute atomic E-state index is 13.5. The van der Waals surface area contributed by atoms with Crippen LogP contribution in [0, 0.1) is 0 Å². The Morgan fingerprint density at radius 1 is 0.900 bits per heavy atom. The van der Waals surface area contributed by atoms with Crippen LogP contribution in [0.4, 0.5) is 5.69 Å². The third-order valence-corrected chi connectivity index (χ3v) is 6.10. The molecule has 0 N–H and O–H groups in total. The van der Waals surface area contributed by atoms with Crippen LogP contribution in [0.5, 0.6) is 0 Å². The van der Waals surface area contributed by atoms with E-state index in [1.165, 1.54) is 4.90 Å². The smallest absolute Gasteiger partial charge is 0.241 e. The van der Waals surface area contributed by atoms with Crippen LogP contribution in [0.1, 0.15) is 37.7 Å². The molecule has 1 fully saturated rings. The van der Waals surface area contributed by atoms with Crippen molar-refractivity contribution in [3.8, 4) is 0 Å². The molecule has 0 saturated carbocycles. The first kappa shape index (κ1) is 18.6. The van der Waals surface area contributed by atoms with Gasteiger partial charge in [0.05, 0.1) is 11.6 Å². The van der Waals surface area contributed by atoms with Gasteiger partial charge in [-0.1, -0.05) is 67.9 Å². The third-order valence-electron chi connectivity index (χ3n) is 6.10. The van der Waals surface area contributed by atoms with Crippen molar-refractivity contribution in [1.82, 2.24) is 4.57 Å². The van der Waals surface area contributed by atoms with E-state index in [9.17, 15) is 9.59 Å². The van der Waals surface area contributed by atoms with Crippen molar-refractivity contribution in [2.45, 2.75) is 38.6 Å². The van der Waals surface area contributed by atoms with Crippen molar-refractivity contribution in [2.75, 3.05) is 4.90 Å². The van der Waals surface area contributed by atoms with Crippen molar-refractivity contribution in [3.63, 3.8) is 0 Å². The summed E-state index contributed by atoms with van der Waals surface area (Å²) in [7, 11) is 0. The number of benzene rings is 3. The Hall–Kier alpha value is -3.40. The molecule has 30 heavy (non-hydrogen) atoms. The molecular weight excluding hydrogens is 372 g/mol. The molecule has 1 atom stereocenters. The number of imide groups is 1. The fourth-order valence-corrected chi connectivity index (χ4v) is 4.60. The molecular formula is C26H24N2O2. The Labute approximate surface area is 175 Å². The Morgan fingerprint density at radius 2 is 1.63 bits per heavy atom. The molecule has 1 aromatic heterocycles. The first-order valence-corrected chi connectivity index (χ1v) is 10.6. The molecule has 1 aliphatic rings. The van der Waals surface area contributed by atoms with Crippen LogP contribution in [0.3, 0.4) is 0 Å². The summed E-state index contributed by atoms with van der Waals surface area (Å²) in [4.78, 5) is 27.9. The number of nitrogens with zero attached hydrogens (tertiary/aromatic N) is 2. The van der Waals surface area contributed by atoms with Gasteiger partial charge in [0.2, 0.25) is 11.8 Å². The highest BCUT2D eigenvalue weighted by atomic mass is 16.2. The normalized spacial score (nSPS) is 16.8. The quantitative estimate of drug-likeness (QED) is 0.410. The number of fused-ring (bicyclic) bond motifs is 2. The third kappa shape index (κ3) is 2.91. The van der Waals surface area contributed by atoms with Crippen LogP contribution in [0.15, 0.2) is 72.9 Å². The first-order chi connectivity index (χ1) is 14.7. The van der Waals surface area contributed by atoms with Crippen molar-refractivity contribution in [3.05, 3.63) is 78.5 Å². The molecule has 150 valence electrons. The number of amides is 2. The number of aromatic nitrogens is 1. The molecule has 1 unspecified atom stereocenters. The molecule has 0 radical (unpaired) electrons. The molecule has 4 heteroatoms. The van der Waals surface area contributed by atoms with Crippen LogP contribution in [0.2, 0.25) is 0 Å². The number of hydrogen-bond donors (Lipinski definition) is 0. The molecule has 2 amide bonds. The van der Waals surface area contributed by atoms with Crippen molar-refractivity contribution >= 4 is 39.2 Å². The van der Waals surface area contributed by atoms with Gasteiger partial charge in [-0.15, -0.1) is 0 Å². The zero-order chi connectivity index (χ0) is 20.7. The van der Waals surface area contributed by atoms with Crippen molar-refractivity contribution in [1.29, 1.82) is 0 Å². The van der Waals surface area contributed by atoms with Gasteiger partial charge >= 0.3 is 0 Å². The maximum Gasteiger partial charge on any atom is 0.241 e. The second-order valence-corrected chi connectivity index (χ2v) is 7.97. The second-order valence-electron chi connectivity index (χ2n) is 7.97. The minimum atomic E-state index is -0.441. The zero-order valence-electron chi connectivity index (χ0n) is 17.0. The fourth-order valence-electron chi connectivity index (χ4n) is 4.60. The molecule has 0 spiro atoms. The summed E-state index contributed by atoms with van der Waals surface area (Å²) in [6.07, 6.45) is 4.49. The summed E-state index contributed by atoms with van der Waals surface area (Å²) < 4.78 is 2.23. The monoisotopic (exact) mass is 396 g/mol. The van der Waals surface area contributed by atoms with E-state index in [4.69, 9.17) is 0 Å². The summed E-state index contributed by atoms with van der Waals surface area (Å²) in [5.41, 5.74) is 2.77. The molecule has 1 aliphatic heterocycles. The average Bonchev–Trinajstić information content (AvgIpc) is 3.28. The van der Waals surface area contributed by atoms with Crippen LogP contribution in [-0.2, 0) is 16.1 Å². The van der Waals surface area contributed by atoms with Crippen LogP contribution >= 0.6 is 0 Å². The molecule has 1 saturated heterocycles. The van der Waals surface area contributed by atoms with E-state index in [2.05, 4.69) is 29.8 Å². The summed E-state index contributed by atoms with van der Waals surface area (Å²) >= 11 is 0. The highest BCUT2D eigenvalue weighted by molar-refractivity contribution is 6.26. The number of carbonyl (C=O) groups is 2. The van der Waals surface area contributed by atoms with E-state index in [0.717, 1.165) is 46.6 Å². The van der Waals surface area contributed by atoms with Gasteiger partial charge in [-0.05, 0) is 29.5 Å². The number of hydrogen-bond acceptors (Lipinski definition) is 2. The van der Waals surface area contributed by atoms with E-state index in [1.54, 1.807) is 0 Å². The first-order valence-electron chi connectivity index (χ1n) is 10.6. The van der Waals surface area contributed by atoms with Gasteiger partial charge in [-0.2, -0.15) is 0 Å². The summed E-state index contributed by atoms with van der Waals surface area (Å²) in [5, 5.41) is 3.02. The lowest BCUT2D eigenvalue weighted by molar-refractivity contribution is -0.121. The van der Waals surface area contributed by atoms with Crippen LogP contribution in [-0.4, -0.2) is 16.4 Å². The fraction of sp³-hybridized carbons (Fsp3) is 0.231. The van der Waals surface area contributed by atoms with Gasteiger partial charge in [-0.25, -0.2) is 4.90 Å². The molecule has 4 aromatic rings. The van der Waals surface area contributed by atoms with Gasteiger partial charge in [0, 0.05) is 35.5 Å². The van der Waals surface area contributed by atoms with Gasteiger partial charge in [0.25, 0.3) is 0 Å². The van der Waals surface area contributed by atoms with Gasteiger partial charge in [0.1, 0.15) is 0 Å². The number of aryl methyl sites for hydroxylation is 1. The topological polar surface area (TPSA) is 42.3 Å². The Kier molecular flexibility index (Phi) is 4.62. The average molecular weight is 396 g/mol. The Balaban J connectivity index is 1.58. The maximum atomic E-state index is 13.5. The molecule has 4 nitrogen and oxygen atoms in total. The minimum Gasteiger partial charge on any atom is -0.347 e. The number of anilines is 1. The van der Waals surface area contributed by atoms with Gasteiger partial charge in [0.15, 0.2) is 0 Å². The zero-order valence-corrected chi connectivity index (χ0v) is 17.0. The number of unbranched alkanes of at least 4 members (excludes halogenated alkanes) is 1. The summed E-state index contributed by atoms with van der Waals surface area (Å²) in [5.74, 6) is -0.703. The van der Waals surface area contributed by atoms with E-state index in [1.807, 2.05) is 54.6 Å². The molecule has 2 heterocycles. The highest BCUT2D eigenvalue weighted by Gasteiger charge is 2.42. The van der Waals surface area contributed by atoms with Crippen molar-refractivity contribution in [2.24, 2.45) is 0 Å². The Morgan fingerprint density at radius 3 is 2.47 bits per heavy atom. The molecule has 3 aromatic carbocycles. The number of carbonyl (C=O) groups excluding carboxylic acids is 2. The van der Waals surface area contributed by atoms with E-state index < -0.39 is 5.92 Å². The van der Waals surface area contributed by atoms with Crippen LogP contribution in [0.25, 0.3) is 21.7 Å². The highest BCUT2D eigenvalue weighted by Crippen LogP contribution is 2.39. The van der Waals surface area contributed by atoms with E-state index >= 15 is 0 Å². The van der Waals surface area contributed by atoms with E-state index in [0.29, 0.717) is 5.69 Å². The predicted molar refractivity (Wildman–Crippen MR) is 121 cm³/mol. The molecule has 0 aliphatic carbocycles. The van der Waals surface area contributed by atoms with Gasteiger partial charge < -0.3 is 4.57 Å². The Bertz CT molecular complexity index is 1270. The standard InChI is InChI=1S/C26H24N2O2/c1-2-3-15-27-17-22(20-12-6-7-13-23(20)27)21-16-25(29)28(26(21)30)24-14-8-10-18-9-4-5-11-19(18)24/h4-14,17,21H,2-3,15-16H2,1H3. The molecule has 5 rings (SSSR count). The van der Waals surface area contributed by atoms with E-state index in [-0.39, 0.29) is 18.2 Å². The predicted octanol–water partition coefficient (Wildman–Crippen LogP) is 5.64. The summed E-state index contributed by atoms with van der Waals surface area (Å²) in [6, 6.07) is 21.8. The molecule has 0 bridgehead atoms. The summed E-state index contributed by atoms with van der Waals surface area (Å²) in [6.45, 7) is 3.09. The lowest BCUT2D eigenvalue weighted by Crippen LogP contribution is -2.30. The van der Waals surface area contributed by atoms with Crippen LogP contribution < -0.4 is 4.90 Å². The lowest BCUT2D eigenvalue weighted by Gasteiger charge is -2.17. The number of para-hydroxylation sites is 1. The van der Waals surface area contributed by atoms with Gasteiger partial charge in [-0.3, -0.25) is 9.59 Å². The second kappa shape index (κ2) is 7.45. The minimum absolute atomic E-state index is 0.130. The SMILES string of the molecule is CCCCn1cc(C2CC(=O)N(c3cccc4ccccc34)C2=O)c2ccccc21. The number of rotatable bonds is 5. The van der Waals surface area contributed by atoms with Crippen molar-refractivity contribution < 1.29 is 9.59 Å². The lowest BCUT2D eigenvalue weighted by atomic mass is 9.97.